The molecule has 0 heterocycles. The van der Waals surface area contributed by atoms with Gasteiger partial charge in [0.2, 0.25) is 0 Å². The Morgan fingerprint density at radius 2 is 1.50 bits per heavy atom. The van der Waals surface area contributed by atoms with Gasteiger partial charge in [-0.1, -0.05) is 71.4 Å². The van der Waals surface area contributed by atoms with Gasteiger partial charge < -0.3 is 0 Å². The lowest BCUT2D eigenvalue weighted by Crippen LogP contribution is -2.10. The lowest BCUT2D eigenvalue weighted by Gasteiger charge is -2.22. The molecule has 0 saturated heterocycles. The fraction of sp³-hybridized carbons (Fsp3) is 0.900. The number of hydrogen-bond acceptors (Lipinski definition) is 0. The molecule has 3 unspecified atom stereocenters. The molecule has 0 aromatic carbocycles. The molecule has 0 spiro atoms. The first-order valence-electron chi connectivity index (χ1n) is 9.14. The fourth-order valence-corrected chi connectivity index (χ4v) is 3.51. The smallest absolute Gasteiger partial charge is 0.0317 e. The minimum absolute atomic E-state index is 0.833. The van der Waals surface area contributed by atoms with Crippen LogP contribution in [0.4, 0.5) is 0 Å². The first-order chi connectivity index (χ1) is 9.49. The SMILES string of the molecule is C/C1=C/CC(C(C)C)CCC(C)CCCC(C)CCC1. The van der Waals surface area contributed by atoms with Gasteiger partial charge in [0.15, 0.2) is 0 Å². The Morgan fingerprint density at radius 3 is 2.15 bits per heavy atom. The van der Waals surface area contributed by atoms with E-state index >= 15 is 0 Å². The van der Waals surface area contributed by atoms with E-state index in [1.165, 1.54) is 57.8 Å². The van der Waals surface area contributed by atoms with Crippen molar-refractivity contribution in [2.75, 3.05) is 0 Å². The Balaban J connectivity index is 2.59. The van der Waals surface area contributed by atoms with Crippen LogP contribution in [0, 0.1) is 23.7 Å². The lowest BCUT2D eigenvalue weighted by atomic mass is 9.83. The standard InChI is InChI=1S/C20H38/c1-16(2)20-14-12-18(4)10-6-8-17(3)9-7-11-19(5)13-15-20/h12,16-17,19-20H,6-11,13-15H2,1-5H3/b18-12-. The van der Waals surface area contributed by atoms with Crippen LogP contribution in [0.25, 0.3) is 0 Å². The van der Waals surface area contributed by atoms with E-state index in [2.05, 4.69) is 40.7 Å². The highest BCUT2D eigenvalue weighted by molar-refractivity contribution is 4.99. The predicted molar refractivity (Wildman–Crippen MR) is 92.0 cm³/mol. The zero-order valence-corrected chi connectivity index (χ0v) is 14.8. The number of rotatable bonds is 1. The largest absolute Gasteiger partial charge is 0.0853 e. The molecular weight excluding hydrogens is 240 g/mol. The van der Waals surface area contributed by atoms with Crippen LogP contribution in [0.15, 0.2) is 11.6 Å². The molecule has 0 bridgehead atoms. The summed E-state index contributed by atoms with van der Waals surface area (Å²) in [6, 6.07) is 0. The van der Waals surface area contributed by atoms with E-state index < -0.39 is 0 Å². The molecule has 3 atom stereocenters. The van der Waals surface area contributed by atoms with Gasteiger partial charge in [-0.05, 0) is 56.3 Å². The van der Waals surface area contributed by atoms with E-state index in [9.17, 15) is 0 Å². The van der Waals surface area contributed by atoms with Crippen LogP contribution in [-0.4, -0.2) is 0 Å². The summed E-state index contributed by atoms with van der Waals surface area (Å²) in [5.41, 5.74) is 1.63. The first-order valence-corrected chi connectivity index (χ1v) is 9.14. The second kappa shape index (κ2) is 9.64. The molecule has 0 aromatic heterocycles. The predicted octanol–water partition coefficient (Wildman–Crippen LogP) is 7.00. The molecule has 0 fully saturated rings. The van der Waals surface area contributed by atoms with Crippen LogP contribution < -0.4 is 0 Å². The summed E-state index contributed by atoms with van der Waals surface area (Å²) in [5, 5.41) is 0. The second-order valence-corrected chi connectivity index (χ2v) is 7.90. The van der Waals surface area contributed by atoms with Crippen molar-refractivity contribution in [2.45, 2.75) is 92.4 Å². The van der Waals surface area contributed by atoms with Crippen LogP contribution in [0.2, 0.25) is 0 Å². The summed E-state index contributed by atoms with van der Waals surface area (Å²) in [6.45, 7) is 12.1. The molecule has 118 valence electrons. The molecule has 0 heteroatoms. The Kier molecular flexibility index (Phi) is 8.57. The average molecular weight is 279 g/mol. The monoisotopic (exact) mass is 278 g/mol. The molecule has 0 N–H and O–H groups in total. The maximum Gasteiger partial charge on any atom is -0.0317 e. The van der Waals surface area contributed by atoms with Crippen molar-refractivity contribution >= 4 is 0 Å². The molecule has 1 aliphatic rings. The lowest BCUT2D eigenvalue weighted by molar-refractivity contribution is 0.313. The average Bonchev–Trinajstić information content (AvgIpc) is 2.37. The molecule has 1 aliphatic carbocycles. The van der Waals surface area contributed by atoms with Crippen LogP contribution in [-0.2, 0) is 0 Å². The van der Waals surface area contributed by atoms with Crippen LogP contribution in [0.3, 0.4) is 0 Å². The summed E-state index contributed by atoms with van der Waals surface area (Å²) in [5.74, 6) is 3.59. The third-order valence-electron chi connectivity index (χ3n) is 5.40. The van der Waals surface area contributed by atoms with E-state index in [-0.39, 0.29) is 0 Å². The van der Waals surface area contributed by atoms with Gasteiger partial charge in [0.1, 0.15) is 0 Å². The Labute approximate surface area is 128 Å². The highest BCUT2D eigenvalue weighted by atomic mass is 14.2. The van der Waals surface area contributed by atoms with Gasteiger partial charge >= 0.3 is 0 Å². The quantitative estimate of drug-likeness (QED) is 0.453. The molecule has 0 aliphatic heterocycles. The molecule has 0 saturated carbocycles. The third-order valence-corrected chi connectivity index (χ3v) is 5.40. The zero-order valence-electron chi connectivity index (χ0n) is 14.8. The summed E-state index contributed by atoms with van der Waals surface area (Å²) in [6.07, 6.45) is 15.2. The van der Waals surface area contributed by atoms with Gasteiger partial charge in [0.25, 0.3) is 0 Å². The number of hydrogen-bond donors (Lipinski definition) is 0. The molecule has 0 nitrogen and oxygen atoms in total. The topological polar surface area (TPSA) is 0 Å². The fourth-order valence-electron chi connectivity index (χ4n) is 3.51. The van der Waals surface area contributed by atoms with Crippen molar-refractivity contribution in [3.05, 3.63) is 11.6 Å². The third kappa shape index (κ3) is 7.50. The Bertz CT molecular complexity index is 274. The van der Waals surface area contributed by atoms with Crippen LogP contribution >= 0.6 is 0 Å². The van der Waals surface area contributed by atoms with E-state index in [0.717, 1.165) is 23.7 Å². The summed E-state index contributed by atoms with van der Waals surface area (Å²) < 4.78 is 0. The van der Waals surface area contributed by atoms with Crippen LogP contribution in [0.1, 0.15) is 92.4 Å². The molecule has 0 amide bonds. The van der Waals surface area contributed by atoms with Crippen molar-refractivity contribution in [3.8, 4) is 0 Å². The van der Waals surface area contributed by atoms with Crippen molar-refractivity contribution in [1.82, 2.24) is 0 Å². The van der Waals surface area contributed by atoms with E-state index in [0.29, 0.717) is 0 Å². The highest BCUT2D eigenvalue weighted by Gasteiger charge is 2.15. The summed E-state index contributed by atoms with van der Waals surface area (Å²) >= 11 is 0. The maximum atomic E-state index is 2.55. The van der Waals surface area contributed by atoms with Crippen molar-refractivity contribution in [3.63, 3.8) is 0 Å². The van der Waals surface area contributed by atoms with Crippen molar-refractivity contribution in [1.29, 1.82) is 0 Å². The highest BCUT2D eigenvalue weighted by Crippen LogP contribution is 2.28. The van der Waals surface area contributed by atoms with Gasteiger partial charge in [-0.15, -0.1) is 0 Å². The van der Waals surface area contributed by atoms with Gasteiger partial charge in [-0.2, -0.15) is 0 Å². The minimum Gasteiger partial charge on any atom is -0.0853 e. The normalized spacial score (nSPS) is 34.3. The Morgan fingerprint density at radius 1 is 0.900 bits per heavy atom. The van der Waals surface area contributed by atoms with E-state index in [1.807, 2.05) is 0 Å². The second-order valence-electron chi connectivity index (χ2n) is 7.90. The van der Waals surface area contributed by atoms with Gasteiger partial charge in [-0.3, -0.25) is 0 Å². The molecule has 20 heavy (non-hydrogen) atoms. The van der Waals surface area contributed by atoms with Gasteiger partial charge in [-0.25, -0.2) is 0 Å². The van der Waals surface area contributed by atoms with E-state index in [1.54, 1.807) is 5.57 Å². The maximum absolute atomic E-state index is 2.55. The van der Waals surface area contributed by atoms with Gasteiger partial charge in [0.05, 0.1) is 0 Å². The summed E-state index contributed by atoms with van der Waals surface area (Å²) in [4.78, 5) is 0. The van der Waals surface area contributed by atoms with Crippen molar-refractivity contribution in [2.24, 2.45) is 23.7 Å². The zero-order chi connectivity index (χ0) is 15.0. The van der Waals surface area contributed by atoms with E-state index in [4.69, 9.17) is 0 Å². The number of allylic oxidation sites excluding steroid dienone is 2. The minimum atomic E-state index is 0.833. The molecule has 0 aromatic rings. The Hall–Kier alpha value is -0.260. The summed E-state index contributed by atoms with van der Waals surface area (Å²) in [7, 11) is 0. The molecule has 1 rings (SSSR count). The van der Waals surface area contributed by atoms with Crippen LogP contribution in [0.5, 0.6) is 0 Å². The van der Waals surface area contributed by atoms with Crippen molar-refractivity contribution < 1.29 is 0 Å². The molecule has 0 radical (unpaired) electrons. The molecular formula is C20H38. The van der Waals surface area contributed by atoms with Gasteiger partial charge in [0, 0.05) is 0 Å². The first kappa shape index (κ1) is 17.8.